The van der Waals surface area contributed by atoms with Crippen molar-refractivity contribution in [2.24, 2.45) is 0 Å². The van der Waals surface area contributed by atoms with Gasteiger partial charge in [-0.05, 0) is 0 Å². The minimum Gasteiger partial charge on any atom is -0.390 e. The SMILES string of the molecule is O=c1ccn([C@H]2CC(O)[C@@H](COP(=O)(O)OP(=O)(O)OP(=O)(O)O)O2)c(=O)[nH]1. The number of aliphatic hydroxyl groups is 1. The van der Waals surface area contributed by atoms with E-state index in [1.54, 1.807) is 0 Å². The molecule has 19 heteroatoms. The van der Waals surface area contributed by atoms with E-state index in [0.717, 1.165) is 16.8 Å². The van der Waals surface area contributed by atoms with E-state index in [1.165, 1.54) is 0 Å². The molecule has 2 rings (SSSR count). The van der Waals surface area contributed by atoms with Crippen molar-refractivity contribution in [1.29, 1.82) is 0 Å². The van der Waals surface area contributed by atoms with E-state index in [1.807, 2.05) is 4.98 Å². The number of hydrogen-bond donors (Lipinski definition) is 6. The minimum absolute atomic E-state index is 0.170. The molecule has 0 bridgehead atoms. The molecule has 2 heterocycles. The Bertz CT molecular complexity index is 965. The van der Waals surface area contributed by atoms with Crippen LogP contribution in [0.25, 0.3) is 0 Å². The Balaban J connectivity index is 1.99. The molecule has 0 radical (unpaired) electrons. The molecule has 28 heavy (non-hydrogen) atoms. The summed E-state index contributed by atoms with van der Waals surface area (Å²) in [5.74, 6) is 0. The third-order valence-corrected chi connectivity index (χ3v) is 6.99. The summed E-state index contributed by atoms with van der Waals surface area (Å²) in [5.41, 5.74) is -1.50. The lowest BCUT2D eigenvalue weighted by Gasteiger charge is -2.19. The molecule has 1 saturated heterocycles. The van der Waals surface area contributed by atoms with Crippen LogP contribution in [0.3, 0.4) is 0 Å². The smallest absolute Gasteiger partial charge is 0.390 e. The fraction of sp³-hybridized carbons (Fsp3) is 0.556. The van der Waals surface area contributed by atoms with E-state index in [-0.39, 0.29) is 6.42 Å². The second kappa shape index (κ2) is 8.40. The van der Waals surface area contributed by atoms with Crippen LogP contribution >= 0.6 is 23.5 Å². The molecule has 0 saturated carbocycles. The van der Waals surface area contributed by atoms with Gasteiger partial charge in [-0.3, -0.25) is 18.9 Å². The number of nitrogens with one attached hydrogen (secondary N) is 1. The van der Waals surface area contributed by atoms with Gasteiger partial charge in [0.05, 0.1) is 12.7 Å². The first-order valence-electron chi connectivity index (χ1n) is 7.11. The first-order chi connectivity index (χ1) is 12.7. The minimum atomic E-state index is -5.67. The summed E-state index contributed by atoms with van der Waals surface area (Å²) in [6.45, 7) is -0.876. The molecule has 0 aromatic carbocycles. The first kappa shape index (κ1) is 23.3. The largest absolute Gasteiger partial charge is 0.490 e. The van der Waals surface area contributed by atoms with Crippen LogP contribution < -0.4 is 11.2 Å². The average molecular weight is 468 g/mol. The van der Waals surface area contributed by atoms with Crippen LogP contribution in [-0.2, 0) is 31.6 Å². The maximum atomic E-state index is 11.7. The molecule has 1 fully saturated rings. The van der Waals surface area contributed by atoms with Crippen LogP contribution in [-0.4, -0.2) is 53.0 Å². The van der Waals surface area contributed by atoms with Gasteiger partial charge in [-0.1, -0.05) is 0 Å². The molecule has 1 aliphatic rings. The Morgan fingerprint density at radius 2 is 1.79 bits per heavy atom. The molecule has 0 aliphatic carbocycles. The molecule has 5 atom stereocenters. The number of rotatable bonds is 8. The fourth-order valence-corrected chi connectivity index (χ4v) is 5.19. The van der Waals surface area contributed by atoms with Crippen LogP contribution in [0.5, 0.6) is 0 Å². The molecule has 160 valence electrons. The summed E-state index contributed by atoms with van der Waals surface area (Å²) in [5, 5.41) is 9.91. The Hall–Kier alpha value is -0.990. The lowest BCUT2D eigenvalue weighted by atomic mass is 10.2. The molecule has 3 unspecified atom stereocenters. The zero-order chi connectivity index (χ0) is 21.3. The van der Waals surface area contributed by atoms with Crippen molar-refractivity contribution in [3.05, 3.63) is 33.1 Å². The summed E-state index contributed by atoms with van der Waals surface area (Å²) in [6, 6.07) is 1.02. The number of aliphatic hydroxyl groups excluding tert-OH is 1. The number of aromatic nitrogens is 2. The number of aromatic amines is 1. The highest BCUT2D eigenvalue weighted by molar-refractivity contribution is 7.66. The Morgan fingerprint density at radius 3 is 2.36 bits per heavy atom. The first-order valence-corrected chi connectivity index (χ1v) is 11.6. The number of ether oxygens (including phenoxy) is 1. The van der Waals surface area contributed by atoms with Gasteiger partial charge in [0.2, 0.25) is 0 Å². The second-order valence-corrected chi connectivity index (χ2v) is 9.76. The maximum absolute atomic E-state index is 11.7. The van der Waals surface area contributed by atoms with Crippen molar-refractivity contribution in [1.82, 2.24) is 9.55 Å². The molecule has 1 aromatic rings. The summed E-state index contributed by atoms with van der Waals surface area (Å²) < 4.78 is 51.0. The lowest BCUT2D eigenvalue weighted by molar-refractivity contribution is -0.0450. The third kappa shape index (κ3) is 6.81. The predicted molar refractivity (Wildman–Crippen MR) is 85.7 cm³/mol. The van der Waals surface area contributed by atoms with E-state index in [0.29, 0.717) is 0 Å². The molecule has 0 amide bonds. The Morgan fingerprint density at radius 1 is 1.14 bits per heavy atom. The van der Waals surface area contributed by atoms with Gasteiger partial charge in [0.25, 0.3) is 5.56 Å². The van der Waals surface area contributed by atoms with Crippen molar-refractivity contribution in [2.75, 3.05) is 6.61 Å². The van der Waals surface area contributed by atoms with Crippen LogP contribution in [0.2, 0.25) is 0 Å². The summed E-state index contributed by atoms with van der Waals surface area (Å²) in [4.78, 5) is 60.0. The van der Waals surface area contributed by atoms with Crippen molar-refractivity contribution in [3.63, 3.8) is 0 Å². The van der Waals surface area contributed by atoms with Crippen LogP contribution in [0.4, 0.5) is 0 Å². The molecule has 1 aromatic heterocycles. The van der Waals surface area contributed by atoms with Crippen molar-refractivity contribution in [2.45, 2.75) is 24.9 Å². The fourth-order valence-electron chi connectivity index (χ4n) is 2.16. The zero-order valence-corrected chi connectivity index (χ0v) is 16.2. The highest BCUT2D eigenvalue weighted by Gasteiger charge is 2.42. The number of H-pyrrole nitrogens is 1. The molecular weight excluding hydrogens is 453 g/mol. The third-order valence-electron chi connectivity index (χ3n) is 3.18. The van der Waals surface area contributed by atoms with Gasteiger partial charge in [0, 0.05) is 18.7 Å². The highest BCUT2D eigenvalue weighted by atomic mass is 31.3. The quantitative estimate of drug-likeness (QED) is 0.239. The number of phosphoric acid groups is 3. The molecule has 0 spiro atoms. The average Bonchev–Trinajstić information content (AvgIpc) is 2.82. The van der Waals surface area contributed by atoms with E-state index in [2.05, 4.69) is 13.1 Å². The highest BCUT2D eigenvalue weighted by Crippen LogP contribution is 2.66. The predicted octanol–water partition coefficient (Wildman–Crippen LogP) is -1.47. The van der Waals surface area contributed by atoms with E-state index in [9.17, 15) is 33.3 Å². The van der Waals surface area contributed by atoms with Gasteiger partial charge < -0.3 is 29.4 Å². The van der Waals surface area contributed by atoms with Crippen molar-refractivity contribution < 1.29 is 56.3 Å². The van der Waals surface area contributed by atoms with E-state index < -0.39 is 59.8 Å². The van der Waals surface area contributed by atoms with Gasteiger partial charge in [-0.25, -0.2) is 18.5 Å². The van der Waals surface area contributed by atoms with E-state index >= 15 is 0 Å². The Kier molecular flexibility index (Phi) is 6.99. The standard InChI is InChI=1S/C9H15N2O14P3/c12-5-3-8(11-2-1-7(13)10-9(11)14)23-6(5)4-22-27(18,19)25-28(20,21)24-26(15,16)17/h1-2,5-6,8,12H,3-4H2,(H,18,19)(H,20,21)(H,10,13,14)(H2,15,16,17)/t5?,6-,8-/m1/s1. The molecule has 16 nitrogen and oxygen atoms in total. The van der Waals surface area contributed by atoms with Crippen molar-refractivity contribution in [3.8, 4) is 0 Å². The summed E-state index contributed by atoms with van der Waals surface area (Å²) in [6.07, 6.45) is -2.74. The Labute approximate surface area is 154 Å². The second-order valence-electron chi connectivity index (χ2n) is 5.34. The van der Waals surface area contributed by atoms with Gasteiger partial charge in [-0.2, -0.15) is 8.62 Å². The topological polar surface area (TPSA) is 244 Å². The van der Waals surface area contributed by atoms with Crippen LogP contribution in [0.1, 0.15) is 12.6 Å². The lowest BCUT2D eigenvalue weighted by Crippen LogP contribution is -2.31. The van der Waals surface area contributed by atoms with Gasteiger partial charge in [0.15, 0.2) is 0 Å². The van der Waals surface area contributed by atoms with Crippen molar-refractivity contribution >= 4 is 23.5 Å². The van der Waals surface area contributed by atoms with Crippen LogP contribution in [0, 0.1) is 0 Å². The van der Waals surface area contributed by atoms with Gasteiger partial charge in [-0.15, -0.1) is 0 Å². The molecule has 1 aliphatic heterocycles. The number of phosphoric ester groups is 1. The summed E-state index contributed by atoms with van der Waals surface area (Å²) >= 11 is 0. The van der Waals surface area contributed by atoms with E-state index in [4.69, 9.17) is 19.4 Å². The van der Waals surface area contributed by atoms with Gasteiger partial charge >= 0.3 is 29.2 Å². The normalized spacial score (nSPS) is 27.2. The summed E-state index contributed by atoms with van der Waals surface area (Å²) in [7, 11) is -16.6. The maximum Gasteiger partial charge on any atom is 0.490 e. The number of hydrogen-bond acceptors (Lipinski definition) is 10. The monoisotopic (exact) mass is 468 g/mol. The molecular formula is C9H15N2O14P3. The zero-order valence-electron chi connectivity index (χ0n) is 13.5. The molecule has 6 N–H and O–H groups in total. The van der Waals surface area contributed by atoms with Gasteiger partial charge in [0.1, 0.15) is 12.3 Å². The number of nitrogens with zero attached hydrogens (tertiary/aromatic N) is 1. The van der Waals surface area contributed by atoms with Crippen LogP contribution in [0.15, 0.2) is 21.9 Å².